The standard InChI is InChI=1S/C25H34FN5O.HI/c1-18-13-23(26)9-8-21(18)10-11-29-25(28-2)30-15-19-5-3-6-20(14-19)16-31-12-4-7-22(17-31)24(27)32;/h3,5-6,8-9,13-14,22H,4,7,10-12,15-17H2,1-2H3,(H2,27,32)(H2,28,29,30);1H. The fraction of sp³-hybridized carbons (Fsp3) is 0.440. The van der Waals surface area contributed by atoms with Gasteiger partial charge in [0.05, 0.1) is 5.92 Å². The second-order valence-corrected chi connectivity index (χ2v) is 8.47. The molecule has 33 heavy (non-hydrogen) atoms. The molecule has 0 saturated carbocycles. The summed E-state index contributed by atoms with van der Waals surface area (Å²) >= 11 is 0. The number of nitrogens with one attached hydrogen (secondary N) is 2. The number of hydrogen-bond acceptors (Lipinski definition) is 3. The summed E-state index contributed by atoms with van der Waals surface area (Å²) in [4.78, 5) is 18.1. The van der Waals surface area contributed by atoms with Gasteiger partial charge in [-0.3, -0.25) is 14.7 Å². The molecule has 1 aliphatic heterocycles. The zero-order valence-electron chi connectivity index (χ0n) is 19.4. The molecule has 0 aromatic heterocycles. The number of likely N-dealkylation sites (tertiary alicyclic amines) is 1. The Balaban J connectivity index is 0.00000385. The zero-order valence-corrected chi connectivity index (χ0v) is 21.8. The monoisotopic (exact) mass is 567 g/mol. The minimum atomic E-state index is -0.202. The molecule has 1 heterocycles. The number of rotatable bonds is 8. The van der Waals surface area contributed by atoms with Gasteiger partial charge in [0.25, 0.3) is 0 Å². The number of nitrogens with two attached hydrogens (primary N) is 1. The molecule has 4 N–H and O–H groups in total. The first kappa shape index (κ1) is 27.0. The summed E-state index contributed by atoms with van der Waals surface area (Å²) in [7, 11) is 1.75. The number of hydrogen-bond donors (Lipinski definition) is 3. The molecule has 0 spiro atoms. The number of carbonyl (C=O) groups excluding carboxylic acids is 1. The van der Waals surface area contributed by atoms with Crippen LogP contribution in [0, 0.1) is 18.7 Å². The van der Waals surface area contributed by atoms with Gasteiger partial charge in [-0.05, 0) is 67.1 Å². The van der Waals surface area contributed by atoms with E-state index in [9.17, 15) is 9.18 Å². The van der Waals surface area contributed by atoms with Gasteiger partial charge in [-0.25, -0.2) is 4.39 Å². The van der Waals surface area contributed by atoms with E-state index in [4.69, 9.17) is 5.73 Å². The molecule has 0 bridgehead atoms. The van der Waals surface area contributed by atoms with E-state index in [1.54, 1.807) is 13.1 Å². The Morgan fingerprint density at radius 2 is 2.00 bits per heavy atom. The molecule has 1 saturated heterocycles. The third-order valence-electron chi connectivity index (χ3n) is 5.98. The molecule has 6 nitrogen and oxygen atoms in total. The van der Waals surface area contributed by atoms with Crippen molar-refractivity contribution in [1.29, 1.82) is 0 Å². The lowest BCUT2D eigenvalue weighted by Crippen LogP contribution is -2.40. The maximum absolute atomic E-state index is 13.3. The van der Waals surface area contributed by atoms with E-state index < -0.39 is 0 Å². The number of nitrogens with zero attached hydrogens (tertiary/aromatic N) is 2. The van der Waals surface area contributed by atoms with Crippen LogP contribution in [0.3, 0.4) is 0 Å². The van der Waals surface area contributed by atoms with Gasteiger partial charge in [-0.2, -0.15) is 0 Å². The van der Waals surface area contributed by atoms with Crippen LogP contribution in [-0.2, 0) is 24.3 Å². The molecule has 3 rings (SSSR count). The molecule has 1 fully saturated rings. The number of piperidine rings is 1. The molecule has 2 aromatic rings. The van der Waals surface area contributed by atoms with Crippen molar-refractivity contribution in [2.24, 2.45) is 16.6 Å². The summed E-state index contributed by atoms with van der Waals surface area (Å²) in [6, 6.07) is 13.4. The highest BCUT2D eigenvalue weighted by Gasteiger charge is 2.23. The summed E-state index contributed by atoms with van der Waals surface area (Å²) in [5.41, 5.74) is 9.98. The highest BCUT2D eigenvalue weighted by atomic mass is 127. The molecule has 2 aromatic carbocycles. The van der Waals surface area contributed by atoms with Crippen molar-refractivity contribution in [3.8, 4) is 0 Å². The first-order chi connectivity index (χ1) is 15.4. The number of amides is 1. The van der Waals surface area contributed by atoms with E-state index in [2.05, 4.69) is 44.8 Å². The van der Waals surface area contributed by atoms with E-state index in [0.717, 1.165) is 56.0 Å². The summed E-state index contributed by atoms with van der Waals surface area (Å²) in [5.74, 6) is 0.296. The summed E-state index contributed by atoms with van der Waals surface area (Å²) in [6.07, 6.45) is 2.70. The van der Waals surface area contributed by atoms with E-state index in [-0.39, 0.29) is 41.6 Å². The van der Waals surface area contributed by atoms with Gasteiger partial charge < -0.3 is 16.4 Å². The van der Waals surface area contributed by atoms with E-state index >= 15 is 0 Å². The quantitative estimate of drug-likeness (QED) is 0.260. The van der Waals surface area contributed by atoms with Crippen molar-refractivity contribution in [2.75, 3.05) is 26.7 Å². The average Bonchev–Trinajstić information content (AvgIpc) is 2.78. The third-order valence-corrected chi connectivity index (χ3v) is 5.98. The van der Waals surface area contributed by atoms with Crippen LogP contribution in [0.1, 0.15) is 35.1 Å². The van der Waals surface area contributed by atoms with Crippen molar-refractivity contribution in [3.05, 3.63) is 70.5 Å². The normalized spacial score (nSPS) is 16.7. The van der Waals surface area contributed by atoms with Crippen molar-refractivity contribution >= 4 is 35.8 Å². The van der Waals surface area contributed by atoms with Gasteiger partial charge in [0.1, 0.15) is 5.82 Å². The van der Waals surface area contributed by atoms with E-state index in [0.29, 0.717) is 13.1 Å². The SMILES string of the molecule is CN=C(NCCc1ccc(F)cc1C)NCc1cccc(CN2CCCC(C(N)=O)C2)c1.I. The number of benzene rings is 2. The highest BCUT2D eigenvalue weighted by molar-refractivity contribution is 14.0. The smallest absolute Gasteiger partial charge is 0.221 e. The van der Waals surface area contributed by atoms with Crippen LogP contribution in [0.5, 0.6) is 0 Å². The van der Waals surface area contributed by atoms with Crippen LogP contribution < -0.4 is 16.4 Å². The lowest BCUT2D eigenvalue weighted by molar-refractivity contribution is -0.123. The number of guanidine groups is 1. The Morgan fingerprint density at radius 3 is 2.73 bits per heavy atom. The summed E-state index contributed by atoms with van der Waals surface area (Å²) in [5, 5.41) is 6.67. The highest BCUT2D eigenvalue weighted by Crippen LogP contribution is 2.19. The first-order valence-corrected chi connectivity index (χ1v) is 11.2. The summed E-state index contributed by atoms with van der Waals surface area (Å²) < 4.78 is 13.3. The number of primary amides is 1. The molecule has 0 aliphatic carbocycles. The fourth-order valence-corrected chi connectivity index (χ4v) is 4.19. The molecule has 1 atom stereocenters. The van der Waals surface area contributed by atoms with Gasteiger partial charge in [0.2, 0.25) is 5.91 Å². The Morgan fingerprint density at radius 1 is 1.21 bits per heavy atom. The zero-order chi connectivity index (χ0) is 22.9. The minimum absolute atomic E-state index is 0. The minimum Gasteiger partial charge on any atom is -0.369 e. The van der Waals surface area contributed by atoms with E-state index in [1.165, 1.54) is 17.2 Å². The molecule has 1 amide bonds. The predicted molar refractivity (Wildman–Crippen MR) is 142 cm³/mol. The van der Waals surface area contributed by atoms with Crippen LogP contribution in [-0.4, -0.2) is 43.4 Å². The maximum Gasteiger partial charge on any atom is 0.221 e. The molecular formula is C25H35FIN5O. The van der Waals surface area contributed by atoms with Gasteiger partial charge in [0.15, 0.2) is 5.96 Å². The average molecular weight is 567 g/mol. The lowest BCUT2D eigenvalue weighted by Gasteiger charge is -2.31. The summed E-state index contributed by atoms with van der Waals surface area (Å²) in [6.45, 7) is 5.85. The largest absolute Gasteiger partial charge is 0.369 e. The molecule has 180 valence electrons. The van der Waals surface area contributed by atoms with E-state index in [1.807, 2.05) is 13.0 Å². The second kappa shape index (κ2) is 13.5. The molecule has 0 radical (unpaired) electrons. The molecule has 1 aliphatic rings. The number of halogens is 2. The lowest BCUT2D eigenvalue weighted by atomic mass is 9.97. The Kier molecular flexibility index (Phi) is 11.1. The van der Waals surface area contributed by atoms with Crippen LogP contribution >= 0.6 is 24.0 Å². The van der Waals surface area contributed by atoms with Gasteiger partial charge in [-0.15, -0.1) is 24.0 Å². The number of aryl methyl sites for hydroxylation is 1. The molecule has 8 heteroatoms. The van der Waals surface area contributed by atoms with Crippen molar-refractivity contribution in [2.45, 2.75) is 39.3 Å². The van der Waals surface area contributed by atoms with Crippen molar-refractivity contribution in [3.63, 3.8) is 0 Å². The van der Waals surface area contributed by atoms with Crippen LogP contribution in [0.25, 0.3) is 0 Å². The Hall–Kier alpha value is -2.20. The van der Waals surface area contributed by atoms with Crippen LogP contribution in [0.15, 0.2) is 47.5 Å². The second-order valence-electron chi connectivity index (χ2n) is 8.47. The fourth-order valence-electron chi connectivity index (χ4n) is 4.19. The topological polar surface area (TPSA) is 82.8 Å². The van der Waals surface area contributed by atoms with Crippen LogP contribution in [0.4, 0.5) is 4.39 Å². The first-order valence-electron chi connectivity index (χ1n) is 11.2. The van der Waals surface area contributed by atoms with Gasteiger partial charge >= 0.3 is 0 Å². The van der Waals surface area contributed by atoms with Gasteiger partial charge in [0, 0.05) is 33.2 Å². The maximum atomic E-state index is 13.3. The third kappa shape index (κ3) is 8.58. The van der Waals surface area contributed by atoms with Crippen molar-refractivity contribution in [1.82, 2.24) is 15.5 Å². The van der Waals surface area contributed by atoms with Gasteiger partial charge in [-0.1, -0.05) is 30.3 Å². The number of carbonyl (C=O) groups is 1. The molecule has 1 unspecified atom stereocenters. The Bertz CT molecular complexity index is 952. The van der Waals surface area contributed by atoms with Crippen molar-refractivity contribution < 1.29 is 9.18 Å². The number of aliphatic imine (C=N–C) groups is 1. The predicted octanol–water partition coefficient (Wildman–Crippen LogP) is 3.36. The Labute approximate surface area is 213 Å². The molecular weight excluding hydrogens is 532 g/mol. The van der Waals surface area contributed by atoms with Crippen LogP contribution in [0.2, 0.25) is 0 Å².